The fourth-order valence-electron chi connectivity index (χ4n) is 4.41. The highest BCUT2D eigenvalue weighted by molar-refractivity contribution is 6.21. The summed E-state index contributed by atoms with van der Waals surface area (Å²) < 4.78 is 0. The van der Waals surface area contributed by atoms with Crippen LogP contribution in [0.1, 0.15) is 39.6 Å². The third kappa shape index (κ3) is 4.41. The molecule has 1 atom stereocenters. The van der Waals surface area contributed by atoms with Gasteiger partial charge >= 0.3 is 0 Å². The number of fused-ring (bicyclic) bond motifs is 1. The Morgan fingerprint density at radius 1 is 0.793 bits per heavy atom. The van der Waals surface area contributed by atoms with Crippen molar-refractivity contribution in [2.75, 3.05) is 39.3 Å². The summed E-state index contributed by atoms with van der Waals surface area (Å²) in [6, 6.07) is 18.3. The Morgan fingerprint density at radius 2 is 1.38 bits per heavy atom. The van der Waals surface area contributed by atoms with Gasteiger partial charge in [0.05, 0.1) is 11.1 Å². The third-order valence-electron chi connectivity index (χ3n) is 6.14. The predicted molar refractivity (Wildman–Crippen MR) is 114 cm³/mol. The van der Waals surface area contributed by atoms with E-state index in [0.717, 1.165) is 45.6 Å². The highest BCUT2D eigenvalue weighted by Crippen LogP contribution is 2.22. The first-order valence-corrected chi connectivity index (χ1v) is 10.6. The van der Waals surface area contributed by atoms with Gasteiger partial charge in [0.1, 0.15) is 0 Å². The maximum Gasteiger partial charge on any atom is 0.261 e. The van der Waals surface area contributed by atoms with Gasteiger partial charge in [0, 0.05) is 38.8 Å². The van der Waals surface area contributed by atoms with Crippen LogP contribution in [0.4, 0.5) is 0 Å². The summed E-state index contributed by atoms with van der Waals surface area (Å²) in [5, 5.41) is 0. The van der Waals surface area contributed by atoms with Gasteiger partial charge in [-0.25, -0.2) is 0 Å². The van der Waals surface area contributed by atoms with Crippen molar-refractivity contribution < 1.29 is 9.59 Å². The molecule has 2 heterocycles. The number of benzene rings is 2. The zero-order valence-corrected chi connectivity index (χ0v) is 17.1. The second-order valence-corrected chi connectivity index (χ2v) is 8.08. The molecule has 0 N–H and O–H groups in total. The topological polar surface area (TPSA) is 43.9 Å². The van der Waals surface area contributed by atoms with Crippen LogP contribution in [0.25, 0.3) is 0 Å². The fourth-order valence-corrected chi connectivity index (χ4v) is 4.41. The van der Waals surface area contributed by atoms with E-state index in [2.05, 4.69) is 47.1 Å². The van der Waals surface area contributed by atoms with Crippen molar-refractivity contribution in [2.45, 2.75) is 25.8 Å². The van der Waals surface area contributed by atoms with Gasteiger partial charge in [0.15, 0.2) is 0 Å². The quantitative estimate of drug-likeness (QED) is 0.681. The minimum absolute atomic E-state index is 0.148. The Bertz CT molecular complexity index is 824. The van der Waals surface area contributed by atoms with Crippen LogP contribution in [0.5, 0.6) is 0 Å². The van der Waals surface area contributed by atoms with Gasteiger partial charge in [0.2, 0.25) is 0 Å². The van der Waals surface area contributed by atoms with E-state index in [1.165, 1.54) is 10.5 Å². The number of piperazine rings is 1. The molecule has 0 aliphatic carbocycles. The van der Waals surface area contributed by atoms with Crippen LogP contribution in [0.2, 0.25) is 0 Å². The summed E-state index contributed by atoms with van der Waals surface area (Å²) in [5.74, 6) is -0.296. The number of rotatable bonds is 7. The van der Waals surface area contributed by atoms with E-state index in [9.17, 15) is 9.59 Å². The van der Waals surface area contributed by atoms with Gasteiger partial charge < -0.3 is 4.90 Å². The number of carbonyl (C=O) groups excluding carboxylic acids is 2. The lowest BCUT2D eigenvalue weighted by molar-refractivity contribution is 0.0634. The van der Waals surface area contributed by atoms with E-state index < -0.39 is 0 Å². The summed E-state index contributed by atoms with van der Waals surface area (Å²) in [4.78, 5) is 31.3. The number of amides is 2. The summed E-state index contributed by atoms with van der Waals surface area (Å²) >= 11 is 0. The second-order valence-electron chi connectivity index (χ2n) is 8.08. The van der Waals surface area contributed by atoms with E-state index in [4.69, 9.17) is 0 Å². The van der Waals surface area contributed by atoms with Crippen LogP contribution in [-0.4, -0.2) is 71.8 Å². The molecule has 29 heavy (non-hydrogen) atoms. The first-order chi connectivity index (χ1) is 14.1. The molecular weight excluding hydrogens is 362 g/mol. The Hall–Kier alpha value is -2.50. The lowest BCUT2D eigenvalue weighted by atomic mass is 10.1. The summed E-state index contributed by atoms with van der Waals surface area (Å²) in [7, 11) is 0. The van der Waals surface area contributed by atoms with Crippen molar-refractivity contribution in [2.24, 2.45) is 0 Å². The Morgan fingerprint density at radius 3 is 2.00 bits per heavy atom. The molecule has 0 aromatic heterocycles. The Labute approximate surface area is 172 Å². The molecule has 5 nitrogen and oxygen atoms in total. The van der Waals surface area contributed by atoms with Crippen LogP contribution < -0.4 is 0 Å². The molecule has 1 saturated heterocycles. The average molecular weight is 392 g/mol. The molecule has 4 rings (SSSR count). The Kier molecular flexibility index (Phi) is 6.07. The molecule has 2 aromatic carbocycles. The van der Waals surface area contributed by atoms with Crippen molar-refractivity contribution in [1.82, 2.24) is 14.7 Å². The van der Waals surface area contributed by atoms with Crippen molar-refractivity contribution >= 4 is 11.8 Å². The molecule has 1 fully saturated rings. The molecule has 2 amide bonds. The zero-order chi connectivity index (χ0) is 20.2. The highest BCUT2D eigenvalue weighted by atomic mass is 16.2. The Balaban J connectivity index is 1.20. The van der Waals surface area contributed by atoms with Crippen LogP contribution in [-0.2, 0) is 6.42 Å². The molecule has 0 bridgehead atoms. The molecule has 0 saturated carbocycles. The molecule has 1 unspecified atom stereocenters. The van der Waals surface area contributed by atoms with E-state index in [1.807, 2.05) is 12.1 Å². The first kappa shape index (κ1) is 19.8. The molecule has 152 valence electrons. The van der Waals surface area contributed by atoms with Gasteiger partial charge in [-0.15, -0.1) is 0 Å². The minimum atomic E-state index is -0.148. The standard InChI is InChI=1S/C24H29N3O2/c1-19(18-20-8-3-2-4-9-20)26-16-14-25(15-17-26)12-7-13-27-23(28)21-10-5-6-11-22(21)24(27)29/h2-6,8-11,19H,7,12-18H2,1H3. The normalized spacial score (nSPS) is 18.9. The molecule has 2 aliphatic heterocycles. The van der Waals surface area contributed by atoms with Gasteiger partial charge in [-0.2, -0.15) is 0 Å². The largest absolute Gasteiger partial charge is 0.301 e. The first-order valence-electron chi connectivity index (χ1n) is 10.6. The molecule has 0 spiro atoms. The SMILES string of the molecule is CC(Cc1ccccc1)N1CCN(CCCN2C(=O)c3ccccc3C2=O)CC1. The zero-order valence-electron chi connectivity index (χ0n) is 17.1. The second kappa shape index (κ2) is 8.89. The van der Waals surface area contributed by atoms with E-state index in [0.29, 0.717) is 23.7 Å². The molecule has 2 aromatic rings. The number of carbonyl (C=O) groups is 2. The summed E-state index contributed by atoms with van der Waals surface area (Å²) in [6.45, 7) is 7.96. The smallest absolute Gasteiger partial charge is 0.261 e. The number of imide groups is 1. The maximum absolute atomic E-state index is 12.4. The molecule has 0 radical (unpaired) electrons. The maximum atomic E-state index is 12.4. The predicted octanol–water partition coefficient (Wildman–Crippen LogP) is 2.92. The van der Waals surface area contributed by atoms with Crippen molar-refractivity contribution in [1.29, 1.82) is 0 Å². The monoisotopic (exact) mass is 391 g/mol. The van der Waals surface area contributed by atoms with Crippen molar-refractivity contribution in [3.8, 4) is 0 Å². The lowest BCUT2D eigenvalue weighted by Gasteiger charge is -2.38. The molecule has 5 heteroatoms. The number of nitrogens with zero attached hydrogens (tertiary/aromatic N) is 3. The fraction of sp³-hybridized carbons (Fsp3) is 0.417. The minimum Gasteiger partial charge on any atom is -0.301 e. The van der Waals surface area contributed by atoms with E-state index in [-0.39, 0.29) is 11.8 Å². The average Bonchev–Trinajstić information content (AvgIpc) is 3.00. The van der Waals surface area contributed by atoms with Crippen molar-refractivity contribution in [3.05, 3.63) is 71.3 Å². The number of hydrogen-bond acceptors (Lipinski definition) is 4. The third-order valence-corrected chi connectivity index (χ3v) is 6.14. The van der Waals surface area contributed by atoms with Gasteiger partial charge in [-0.3, -0.25) is 19.4 Å². The van der Waals surface area contributed by atoms with E-state index >= 15 is 0 Å². The highest BCUT2D eigenvalue weighted by Gasteiger charge is 2.34. The van der Waals surface area contributed by atoms with Crippen LogP contribution in [0, 0.1) is 0 Å². The van der Waals surface area contributed by atoms with Crippen LogP contribution in [0.15, 0.2) is 54.6 Å². The summed E-state index contributed by atoms with van der Waals surface area (Å²) in [6.07, 6.45) is 1.91. The number of hydrogen-bond donors (Lipinski definition) is 0. The van der Waals surface area contributed by atoms with Gasteiger partial charge in [-0.05, 0) is 44.0 Å². The summed E-state index contributed by atoms with van der Waals surface area (Å²) in [5.41, 5.74) is 2.47. The van der Waals surface area contributed by atoms with Gasteiger partial charge in [0.25, 0.3) is 11.8 Å². The van der Waals surface area contributed by atoms with Gasteiger partial charge in [-0.1, -0.05) is 42.5 Å². The van der Waals surface area contributed by atoms with E-state index in [1.54, 1.807) is 12.1 Å². The van der Waals surface area contributed by atoms with Crippen LogP contribution in [0.3, 0.4) is 0 Å². The lowest BCUT2D eigenvalue weighted by Crippen LogP contribution is -2.50. The van der Waals surface area contributed by atoms with Crippen molar-refractivity contribution in [3.63, 3.8) is 0 Å². The molecular formula is C24H29N3O2. The molecule has 2 aliphatic rings. The van der Waals surface area contributed by atoms with Crippen LogP contribution >= 0.6 is 0 Å².